The third kappa shape index (κ3) is 4.13. The lowest BCUT2D eigenvalue weighted by atomic mass is 9.70. The molecule has 23 heavy (non-hydrogen) atoms. The van der Waals surface area contributed by atoms with Gasteiger partial charge in [-0.05, 0) is 69.8 Å². The van der Waals surface area contributed by atoms with Crippen molar-refractivity contribution >= 4 is 0 Å². The van der Waals surface area contributed by atoms with Gasteiger partial charge >= 0.3 is 0 Å². The van der Waals surface area contributed by atoms with Gasteiger partial charge in [0.25, 0.3) is 0 Å². The van der Waals surface area contributed by atoms with Gasteiger partial charge in [0.05, 0.1) is 5.60 Å². The van der Waals surface area contributed by atoms with Crippen molar-refractivity contribution in [3.63, 3.8) is 0 Å². The molecule has 0 amide bonds. The molecule has 1 saturated carbocycles. The Hall–Kier alpha value is -0.930. The summed E-state index contributed by atoms with van der Waals surface area (Å²) in [6.45, 7) is 3.48. The number of rotatable bonds is 5. The molecule has 2 aliphatic rings. The lowest BCUT2D eigenvalue weighted by Gasteiger charge is -2.41. The summed E-state index contributed by atoms with van der Waals surface area (Å²) >= 11 is 0. The van der Waals surface area contributed by atoms with Crippen LogP contribution in [-0.2, 0) is 0 Å². The van der Waals surface area contributed by atoms with Crippen LogP contribution in [0.25, 0.3) is 0 Å². The zero-order valence-corrected chi connectivity index (χ0v) is 14.1. The van der Waals surface area contributed by atoms with Crippen LogP contribution in [-0.4, -0.2) is 35.2 Å². The van der Waals surface area contributed by atoms with E-state index in [1.54, 1.807) is 6.07 Å². The van der Waals surface area contributed by atoms with Crippen LogP contribution in [0.15, 0.2) is 24.3 Å². The number of halogens is 1. The molecule has 0 spiro atoms. The molecule has 3 rings (SSSR count). The molecule has 1 saturated heterocycles. The Balaban J connectivity index is 1.63. The van der Waals surface area contributed by atoms with E-state index in [-0.39, 0.29) is 11.7 Å². The van der Waals surface area contributed by atoms with E-state index in [2.05, 4.69) is 4.90 Å². The number of hydrogen-bond acceptors (Lipinski definition) is 2. The Morgan fingerprint density at radius 3 is 2.65 bits per heavy atom. The number of nitrogens with zero attached hydrogens (tertiary/aromatic N) is 1. The van der Waals surface area contributed by atoms with Crippen LogP contribution < -0.4 is 0 Å². The number of aliphatic hydroxyl groups is 1. The maximum absolute atomic E-state index is 14.2. The molecule has 1 heterocycles. The van der Waals surface area contributed by atoms with Gasteiger partial charge in [0.15, 0.2) is 0 Å². The minimum absolute atomic E-state index is 0.0428. The van der Waals surface area contributed by atoms with E-state index in [0.717, 1.165) is 45.1 Å². The van der Waals surface area contributed by atoms with Crippen LogP contribution in [0.2, 0.25) is 0 Å². The summed E-state index contributed by atoms with van der Waals surface area (Å²) in [5, 5.41) is 11.3. The fourth-order valence-electron chi connectivity index (χ4n) is 4.52. The summed E-state index contributed by atoms with van der Waals surface area (Å²) in [5.41, 5.74) is -0.0105. The van der Waals surface area contributed by atoms with Gasteiger partial charge in [-0.15, -0.1) is 0 Å². The van der Waals surface area contributed by atoms with E-state index in [1.165, 1.54) is 38.4 Å². The fourth-order valence-corrected chi connectivity index (χ4v) is 4.52. The van der Waals surface area contributed by atoms with Gasteiger partial charge in [0, 0.05) is 5.92 Å². The summed E-state index contributed by atoms with van der Waals surface area (Å²) < 4.78 is 14.2. The van der Waals surface area contributed by atoms with Gasteiger partial charge in [-0.2, -0.15) is 0 Å². The molecular weight excluding hydrogens is 289 g/mol. The highest BCUT2D eigenvalue weighted by Gasteiger charge is 2.40. The summed E-state index contributed by atoms with van der Waals surface area (Å²) in [5.74, 6) is -0.201. The maximum atomic E-state index is 14.2. The van der Waals surface area contributed by atoms with Crippen molar-refractivity contribution < 1.29 is 9.50 Å². The average molecular weight is 319 g/mol. The molecule has 1 aromatic rings. The zero-order chi connectivity index (χ0) is 16.1. The van der Waals surface area contributed by atoms with E-state index in [9.17, 15) is 9.50 Å². The van der Waals surface area contributed by atoms with Crippen molar-refractivity contribution in [2.24, 2.45) is 0 Å². The lowest BCUT2D eigenvalue weighted by molar-refractivity contribution is -0.0287. The molecule has 3 heteroatoms. The molecule has 2 nitrogen and oxygen atoms in total. The average Bonchev–Trinajstić information content (AvgIpc) is 2.57. The molecule has 0 unspecified atom stereocenters. The summed E-state index contributed by atoms with van der Waals surface area (Å²) in [6.07, 6.45) is 9.65. The second-order valence-corrected chi connectivity index (χ2v) is 7.43. The van der Waals surface area contributed by atoms with E-state index in [1.807, 2.05) is 12.1 Å². The number of hydrogen-bond donors (Lipinski definition) is 1. The van der Waals surface area contributed by atoms with Gasteiger partial charge in [-0.1, -0.05) is 37.5 Å². The first-order valence-electron chi connectivity index (χ1n) is 9.38. The Morgan fingerprint density at radius 2 is 1.87 bits per heavy atom. The third-order valence-corrected chi connectivity index (χ3v) is 5.81. The quantitative estimate of drug-likeness (QED) is 0.865. The zero-order valence-electron chi connectivity index (χ0n) is 14.1. The van der Waals surface area contributed by atoms with E-state index in [0.29, 0.717) is 5.56 Å². The Morgan fingerprint density at radius 1 is 1.09 bits per heavy atom. The predicted octanol–water partition coefficient (Wildman–Crippen LogP) is 4.48. The van der Waals surface area contributed by atoms with Gasteiger partial charge in [-0.25, -0.2) is 4.39 Å². The first-order chi connectivity index (χ1) is 11.2. The number of piperidine rings is 1. The van der Waals surface area contributed by atoms with Crippen molar-refractivity contribution in [2.45, 2.75) is 69.3 Å². The lowest BCUT2D eigenvalue weighted by Crippen LogP contribution is -2.40. The first-order valence-corrected chi connectivity index (χ1v) is 9.38. The molecule has 1 aromatic carbocycles. The highest BCUT2D eigenvalue weighted by molar-refractivity contribution is 5.25. The van der Waals surface area contributed by atoms with E-state index in [4.69, 9.17) is 0 Å². The fraction of sp³-hybridized carbons (Fsp3) is 0.700. The van der Waals surface area contributed by atoms with Gasteiger partial charge < -0.3 is 10.0 Å². The van der Waals surface area contributed by atoms with Crippen molar-refractivity contribution in [3.05, 3.63) is 35.6 Å². The van der Waals surface area contributed by atoms with E-state index >= 15 is 0 Å². The highest BCUT2D eigenvalue weighted by atomic mass is 19.1. The summed E-state index contributed by atoms with van der Waals surface area (Å²) in [7, 11) is 0. The van der Waals surface area contributed by atoms with Gasteiger partial charge in [-0.3, -0.25) is 0 Å². The van der Waals surface area contributed by atoms with Crippen LogP contribution in [0.1, 0.15) is 69.3 Å². The minimum Gasteiger partial charge on any atom is -0.389 e. The first kappa shape index (κ1) is 16.9. The second kappa shape index (κ2) is 7.76. The van der Waals surface area contributed by atoms with Crippen LogP contribution in [0.4, 0.5) is 4.39 Å². The molecule has 128 valence electrons. The molecule has 2 atom stereocenters. The summed E-state index contributed by atoms with van der Waals surface area (Å²) in [4.78, 5) is 2.52. The van der Waals surface area contributed by atoms with Crippen molar-refractivity contribution in [2.75, 3.05) is 19.6 Å². The SMILES string of the molecule is O[C@]1(CCCN2CCCCC2)CCCC[C@H]1c1ccccc1F. The molecular formula is C20H30FNO. The molecule has 0 bridgehead atoms. The van der Waals surface area contributed by atoms with Gasteiger partial charge in [0.1, 0.15) is 5.82 Å². The van der Waals surface area contributed by atoms with Crippen LogP contribution in [0.5, 0.6) is 0 Å². The van der Waals surface area contributed by atoms with Gasteiger partial charge in [0.2, 0.25) is 0 Å². The molecule has 0 aromatic heterocycles. The normalized spacial score (nSPS) is 29.6. The van der Waals surface area contributed by atoms with Crippen LogP contribution >= 0.6 is 0 Å². The Kier molecular flexibility index (Phi) is 5.71. The van der Waals surface area contributed by atoms with Crippen LogP contribution in [0.3, 0.4) is 0 Å². The maximum Gasteiger partial charge on any atom is 0.126 e. The van der Waals surface area contributed by atoms with Crippen molar-refractivity contribution in [1.82, 2.24) is 4.90 Å². The molecule has 1 aliphatic carbocycles. The number of benzene rings is 1. The van der Waals surface area contributed by atoms with Crippen molar-refractivity contribution in [3.8, 4) is 0 Å². The summed E-state index contributed by atoms with van der Waals surface area (Å²) in [6, 6.07) is 7.01. The minimum atomic E-state index is -0.726. The molecule has 1 N–H and O–H groups in total. The second-order valence-electron chi connectivity index (χ2n) is 7.43. The molecule has 0 radical (unpaired) electrons. The highest BCUT2D eigenvalue weighted by Crippen LogP contribution is 2.44. The third-order valence-electron chi connectivity index (χ3n) is 5.81. The Bertz CT molecular complexity index is 500. The van der Waals surface area contributed by atoms with E-state index < -0.39 is 5.60 Å². The monoisotopic (exact) mass is 319 g/mol. The largest absolute Gasteiger partial charge is 0.389 e. The predicted molar refractivity (Wildman–Crippen MR) is 92.1 cm³/mol. The topological polar surface area (TPSA) is 23.5 Å². The molecule has 2 fully saturated rings. The Labute approximate surface area is 139 Å². The number of likely N-dealkylation sites (tertiary alicyclic amines) is 1. The van der Waals surface area contributed by atoms with Crippen molar-refractivity contribution in [1.29, 1.82) is 0 Å². The van der Waals surface area contributed by atoms with Crippen LogP contribution in [0, 0.1) is 5.82 Å². The standard InChI is InChI=1S/C20H30FNO/c21-19-11-3-2-9-17(19)18-10-4-5-12-20(18,23)13-8-16-22-14-6-1-7-15-22/h2-3,9,11,18,23H,1,4-8,10,12-16H2/t18-,20-/m0/s1. The smallest absolute Gasteiger partial charge is 0.126 e. The molecule has 1 aliphatic heterocycles.